The summed E-state index contributed by atoms with van der Waals surface area (Å²) in [7, 11) is -4.52. The number of carbonyl (C=O) groups is 1. The van der Waals surface area contributed by atoms with E-state index < -0.39 is 21.9 Å². The van der Waals surface area contributed by atoms with Crippen molar-refractivity contribution >= 4 is 27.0 Å². The number of carbonyl (C=O) groups excluding carboxylic acids is 1. The minimum Gasteiger partial charge on any atom is -0.361 e. The summed E-state index contributed by atoms with van der Waals surface area (Å²) in [5.41, 5.74) is 2.18. The SMILES string of the molecule is O=C1CC(CS(=O)(=O)F)CN1CCc1ccc2[nH]ccc2c1. The lowest BCUT2D eigenvalue weighted by Gasteiger charge is -2.16. The Labute approximate surface area is 128 Å². The first kappa shape index (κ1) is 15.0. The standard InChI is InChI=1S/C15H17FN2O3S/c16-22(20,21)10-12-8-15(19)18(9-12)6-4-11-1-2-14-13(7-11)3-5-17-14/h1-3,5,7,12,17H,4,6,8-10H2. The molecule has 1 saturated heterocycles. The van der Waals surface area contributed by atoms with E-state index in [1.165, 1.54) is 0 Å². The Balaban J connectivity index is 1.60. The third-order valence-electron chi connectivity index (χ3n) is 4.02. The monoisotopic (exact) mass is 324 g/mol. The van der Waals surface area contributed by atoms with Crippen LogP contribution in [-0.4, -0.2) is 43.1 Å². The van der Waals surface area contributed by atoms with Crippen LogP contribution in [0.5, 0.6) is 0 Å². The molecule has 1 N–H and O–H groups in total. The van der Waals surface area contributed by atoms with Crippen molar-refractivity contribution in [2.24, 2.45) is 5.92 Å². The average Bonchev–Trinajstić information content (AvgIpc) is 3.00. The molecule has 1 amide bonds. The lowest BCUT2D eigenvalue weighted by Crippen LogP contribution is -2.28. The van der Waals surface area contributed by atoms with Gasteiger partial charge in [0.25, 0.3) is 0 Å². The molecule has 1 aromatic heterocycles. The fourth-order valence-electron chi connectivity index (χ4n) is 2.99. The highest BCUT2D eigenvalue weighted by Gasteiger charge is 2.32. The number of nitrogens with one attached hydrogen (secondary N) is 1. The molecule has 2 heterocycles. The topological polar surface area (TPSA) is 70.2 Å². The number of amides is 1. The molecule has 7 heteroatoms. The van der Waals surface area contributed by atoms with Crippen LogP contribution in [-0.2, 0) is 21.4 Å². The quantitative estimate of drug-likeness (QED) is 0.854. The molecule has 1 aromatic carbocycles. The van der Waals surface area contributed by atoms with Crippen molar-refractivity contribution in [3.05, 3.63) is 36.0 Å². The van der Waals surface area contributed by atoms with Gasteiger partial charge in [0.2, 0.25) is 5.91 Å². The van der Waals surface area contributed by atoms with Crippen molar-refractivity contribution in [2.45, 2.75) is 12.8 Å². The first-order valence-electron chi connectivity index (χ1n) is 7.17. The predicted molar refractivity (Wildman–Crippen MR) is 81.6 cm³/mol. The highest BCUT2D eigenvalue weighted by molar-refractivity contribution is 7.86. The average molecular weight is 324 g/mol. The Kier molecular flexibility index (Phi) is 3.90. The van der Waals surface area contributed by atoms with E-state index >= 15 is 0 Å². The Morgan fingerprint density at radius 1 is 1.32 bits per heavy atom. The molecule has 0 aliphatic carbocycles. The number of halogens is 1. The number of hydrogen-bond acceptors (Lipinski definition) is 3. The molecule has 0 spiro atoms. The summed E-state index contributed by atoms with van der Waals surface area (Å²) in [6, 6.07) is 8.05. The van der Waals surface area contributed by atoms with Gasteiger partial charge in [0.1, 0.15) is 0 Å². The van der Waals surface area contributed by atoms with Crippen LogP contribution in [0.2, 0.25) is 0 Å². The molecule has 118 valence electrons. The van der Waals surface area contributed by atoms with Crippen molar-refractivity contribution in [1.82, 2.24) is 9.88 Å². The molecule has 1 atom stereocenters. The van der Waals surface area contributed by atoms with Crippen molar-refractivity contribution in [3.63, 3.8) is 0 Å². The second-order valence-electron chi connectivity index (χ2n) is 5.76. The molecule has 1 unspecified atom stereocenters. The van der Waals surface area contributed by atoms with Crippen LogP contribution in [0.3, 0.4) is 0 Å². The van der Waals surface area contributed by atoms with Crippen molar-refractivity contribution < 1.29 is 17.1 Å². The number of nitrogens with zero attached hydrogens (tertiary/aromatic N) is 1. The van der Waals surface area contributed by atoms with E-state index in [0.29, 0.717) is 19.5 Å². The van der Waals surface area contributed by atoms with Crippen molar-refractivity contribution in [3.8, 4) is 0 Å². The maximum Gasteiger partial charge on any atom is 0.302 e. The number of fused-ring (bicyclic) bond motifs is 1. The first-order chi connectivity index (χ1) is 10.4. The van der Waals surface area contributed by atoms with Gasteiger partial charge in [0.15, 0.2) is 0 Å². The molecule has 1 aliphatic rings. The van der Waals surface area contributed by atoms with E-state index in [0.717, 1.165) is 16.5 Å². The zero-order valence-electron chi connectivity index (χ0n) is 12.0. The smallest absolute Gasteiger partial charge is 0.302 e. The van der Waals surface area contributed by atoms with Gasteiger partial charge >= 0.3 is 10.2 Å². The minimum atomic E-state index is -4.52. The van der Waals surface area contributed by atoms with Gasteiger partial charge in [0.05, 0.1) is 5.75 Å². The molecule has 22 heavy (non-hydrogen) atoms. The van der Waals surface area contributed by atoms with Crippen LogP contribution in [0.1, 0.15) is 12.0 Å². The zero-order valence-corrected chi connectivity index (χ0v) is 12.8. The maximum absolute atomic E-state index is 12.7. The number of H-pyrrole nitrogens is 1. The van der Waals surface area contributed by atoms with Crippen molar-refractivity contribution in [1.29, 1.82) is 0 Å². The van der Waals surface area contributed by atoms with Crippen LogP contribution in [0, 0.1) is 5.92 Å². The second-order valence-corrected chi connectivity index (χ2v) is 7.18. The fraction of sp³-hybridized carbons (Fsp3) is 0.400. The number of rotatable bonds is 5. The Bertz CT molecular complexity index is 800. The predicted octanol–water partition coefficient (Wildman–Crippen LogP) is 1.86. The maximum atomic E-state index is 12.7. The van der Waals surface area contributed by atoms with Crippen LogP contribution >= 0.6 is 0 Å². The van der Waals surface area contributed by atoms with Gasteiger partial charge in [-0.05, 0) is 35.6 Å². The van der Waals surface area contributed by atoms with Crippen LogP contribution in [0.25, 0.3) is 10.9 Å². The Morgan fingerprint density at radius 3 is 2.91 bits per heavy atom. The molecule has 0 bridgehead atoms. The van der Waals surface area contributed by atoms with Gasteiger partial charge in [-0.2, -0.15) is 8.42 Å². The molecular weight excluding hydrogens is 307 g/mol. The highest BCUT2D eigenvalue weighted by Crippen LogP contribution is 2.21. The van der Waals surface area contributed by atoms with Gasteiger partial charge in [-0.15, -0.1) is 3.89 Å². The van der Waals surface area contributed by atoms with Gasteiger partial charge in [-0.25, -0.2) is 0 Å². The molecule has 3 rings (SSSR count). The van der Waals surface area contributed by atoms with Crippen molar-refractivity contribution in [2.75, 3.05) is 18.8 Å². The Hall–Kier alpha value is -1.89. The molecule has 2 aromatic rings. The normalized spacial score (nSPS) is 19.2. The van der Waals surface area contributed by atoms with E-state index in [2.05, 4.69) is 11.1 Å². The second kappa shape index (κ2) is 5.72. The lowest BCUT2D eigenvalue weighted by atomic mass is 10.1. The molecule has 1 aliphatic heterocycles. The largest absolute Gasteiger partial charge is 0.361 e. The van der Waals surface area contributed by atoms with Gasteiger partial charge < -0.3 is 9.88 Å². The van der Waals surface area contributed by atoms with E-state index in [1.807, 2.05) is 24.4 Å². The summed E-state index contributed by atoms with van der Waals surface area (Å²) in [6.07, 6.45) is 2.68. The third kappa shape index (κ3) is 3.47. The molecular formula is C15H17FN2O3S. The minimum absolute atomic E-state index is 0.101. The summed E-state index contributed by atoms with van der Waals surface area (Å²) in [5, 5.41) is 1.12. The molecule has 5 nitrogen and oxygen atoms in total. The Morgan fingerprint density at radius 2 is 2.14 bits per heavy atom. The van der Waals surface area contributed by atoms with E-state index in [9.17, 15) is 17.1 Å². The summed E-state index contributed by atoms with van der Waals surface area (Å²) in [5.74, 6) is -1.10. The van der Waals surface area contributed by atoms with Gasteiger partial charge in [-0.1, -0.05) is 6.07 Å². The van der Waals surface area contributed by atoms with Crippen LogP contribution in [0.4, 0.5) is 3.89 Å². The summed E-state index contributed by atoms with van der Waals surface area (Å²) in [4.78, 5) is 16.6. The van der Waals surface area contributed by atoms with Gasteiger partial charge in [0, 0.05) is 37.1 Å². The third-order valence-corrected chi connectivity index (χ3v) is 4.89. The van der Waals surface area contributed by atoms with Crippen LogP contribution in [0.15, 0.2) is 30.5 Å². The summed E-state index contributed by atoms with van der Waals surface area (Å²) >= 11 is 0. The van der Waals surface area contributed by atoms with Gasteiger partial charge in [-0.3, -0.25) is 4.79 Å². The number of benzene rings is 1. The highest BCUT2D eigenvalue weighted by atomic mass is 32.3. The summed E-state index contributed by atoms with van der Waals surface area (Å²) in [6.45, 7) is 0.839. The zero-order chi connectivity index (χ0) is 15.7. The molecule has 1 fully saturated rings. The van der Waals surface area contributed by atoms with E-state index in [-0.39, 0.29) is 12.3 Å². The lowest BCUT2D eigenvalue weighted by molar-refractivity contribution is -0.127. The van der Waals surface area contributed by atoms with E-state index in [1.54, 1.807) is 4.90 Å². The number of aromatic amines is 1. The molecule has 0 saturated carbocycles. The van der Waals surface area contributed by atoms with Crippen LogP contribution < -0.4 is 0 Å². The van der Waals surface area contributed by atoms with E-state index in [4.69, 9.17) is 0 Å². The fourth-order valence-corrected chi connectivity index (χ4v) is 3.77. The number of hydrogen-bond donors (Lipinski definition) is 1. The number of likely N-dealkylation sites (tertiary alicyclic amines) is 1. The molecule has 0 radical (unpaired) electrons. The number of aromatic nitrogens is 1. The first-order valence-corrected chi connectivity index (χ1v) is 8.72. The summed E-state index contributed by atoms with van der Waals surface area (Å²) < 4.78 is 34.1.